The Morgan fingerprint density at radius 2 is 1.77 bits per heavy atom. The molecule has 2 nitrogen and oxygen atoms in total. The average molecular weight is 219 g/mol. The van der Waals surface area contributed by atoms with E-state index in [2.05, 4.69) is 0 Å². The van der Waals surface area contributed by atoms with Gasteiger partial charge in [0.15, 0.2) is 5.38 Å². The van der Waals surface area contributed by atoms with Gasteiger partial charge >= 0.3 is 5.97 Å². The van der Waals surface area contributed by atoms with Crippen molar-refractivity contribution in [2.24, 2.45) is 0 Å². The Kier molecular flexibility index (Phi) is 3.58. The molecule has 2 unspecified atom stereocenters. The van der Waals surface area contributed by atoms with Crippen LogP contribution in [0.1, 0.15) is 10.9 Å². The van der Waals surface area contributed by atoms with Gasteiger partial charge < -0.3 is 5.11 Å². The molecule has 2 atom stereocenters. The van der Waals surface area contributed by atoms with E-state index in [4.69, 9.17) is 28.3 Å². The highest BCUT2D eigenvalue weighted by atomic mass is 35.5. The second kappa shape index (κ2) is 4.49. The molecule has 0 saturated heterocycles. The van der Waals surface area contributed by atoms with Crippen LogP contribution in [-0.2, 0) is 4.79 Å². The Balaban J connectivity index is 2.79. The Morgan fingerprint density at radius 1 is 1.23 bits per heavy atom. The third kappa shape index (κ3) is 2.61. The van der Waals surface area contributed by atoms with Crippen LogP contribution >= 0.6 is 23.2 Å². The van der Waals surface area contributed by atoms with E-state index in [-0.39, 0.29) is 0 Å². The summed E-state index contributed by atoms with van der Waals surface area (Å²) >= 11 is 11.4. The molecule has 1 N–H and O–H groups in total. The highest BCUT2D eigenvalue weighted by Gasteiger charge is 2.24. The zero-order valence-corrected chi connectivity index (χ0v) is 8.16. The number of benzene rings is 1. The summed E-state index contributed by atoms with van der Waals surface area (Å²) in [4.78, 5) is 10.5. The highest BCUT2D eigenvalue weighted by molar-refractivity contribution is 6.36. The van der Waals surface area contributed by atoms with Crippen LogP contribution in [0.2, 0.25) is 0 Å². The van der Waals surface area contributed by atoms with Crippen molar-refractivity contribution in [3.63, 3.8) is 0 Å². The van der Waals surface area contributed by atoms with Crippen LogP contribution in [0.5, 0.6) is 0 Å². The number of hydrogen-bond acceptors (Lipinski definition) is 1. The second-order valence-electron chi connectivity index (χ2n) is 2.55. The summed E-state index contributed by atoms with van der Waals surface area (Å²) in [5.41, 5.74) is 0.714. The second-order valence-corrected chi connectivity index (χ2v) is 3.49. The maximum absolute atomic E-state index is 10.5. The number of hydrogen-bond donors (Lipinski definition) is 1. The van der Waals surface area contributed by atoms with E-state index in [1.165, 1.54) is 0 Å². The summed E-state index contributed by atoms with van der Waals surface area (Å²) in [5.74, 6) is -1.11. The Morgan fingerprint density at radius 3 is 2.23 bits per heavy atom. The molecule has 0 heterocycles. The quantitative estimate of drug-likeness (QED) is 0.793. The van der Waals surface area contributed by atoms with Crippen molar-refractivity contribution in [1.82, 2.24) is 0 Å². The SMILES string of the molecule is O=C(O)C(Cl)C(Cl)c1ccccc1. The largest absolute Gasteiger partial charge is 0.480 e. The predicted molar refractivity (Wildman–Crippen MR) is 52.3 cm³/mol. The maximum Gasteiger partial charge on any atom is 0.323 e. The highest BCUT2D eigenvalue weighted by Crippen LogP contribution is 2.27. The topological polar surface area (TPSA) is 37.3 Å². The van der Waals surface area contributed by atoms with Gasteiger partial charge in [0.05, 0.1) is 5.38 Å². The van der Waals surface area contributed by atoms with Gasteiger partial charge in [-0.1, -0.05) is 30.3 Å². The average Bonchev–Trinajstić information content (AvgIpc) is 2.17. The number of carboxylic acids is 1. The molecular weight excluding hydrogens is 211 g/mol. The van der Waals surface area contributed by atoms with Crippen molar-refractivity contribution in [2.75, 3.05) is 0 Å². The van der Waals surface area contributed by atoms with Crippen LogP contribution in [0.25, 0.3) is 0 Å². The third-order valence-corrected chi connectivity index (χ3v) is 2.68. The smallest absolute Gasteiger partial charge is 0.323 e. The first-order valence-corrected chi connectivity index (χ1v) is 4.56. The summed E-state index contributed by atoms with van der Waals surface area (Å²) in [6.07, 6.45) is 0. The molecule has 0 aliphatic rings. The zero-order valence-electron chi connectivity index (χ0n) is 6.65. The third-order valence-electron chi connectivity index (χ3n) is 1.61. The van der Waals surface area contributed by atoms with Crippen LogP contribution in [-0.4, -0.2) is 16.5 Å². The number of rotatable bonds is 3. The number of alkyl halides is 2. The van der Waals surface area contributed by atoms with Crippen molar-refractivity contribution >= 4 is 29.2 Å². The predicted octanol–water partition coefficient (Wildman–Crippen LogP) is 2.66. The standard InChI is InChI=1S/C9H8Cl2O2/c10-7(8(11)9(12)13)6-4-2-1-3-5-6/h1-5,7-8H,(H,12,13). The van der Waals surface area contributed by atoms with Crippen molar-refractivity contribution in [2.45, 2.75) is 10.8 Å². The minimum atomic E-state index is -1.11. The van der Waals surface area contributed by atoms with Gasteiger partial charge in [0, 0.05) is 0 Å². The number of carbonyl (C=O) groups is 1. The lowest BCUT2D eigenvalue weighted by Gasteiger charge is -2.11. The summed E-state index contributed by atoms with van der Waals surface area (Å²) in [6, 6.07) is 8.90. The first kappa shape index (κ1) is 10.4. The Hall–Kier alpha value is -0.730. The first-order valence-electron chi connectivity index (χ1n) is 3.69. The van der Waals surface area contributed by atoms with Gasteiger partial charge in [0.1, 0.15) is 0 Å². The molecule has 0 radical (unpaired) electrons. The summed E-state index contributed by atoms with van der Waals surface area (Å²) in [6.45, 7) is 0. The lowest BCUT2D eigenvalue weighted by atomic mass is 10.1. The maximum atomic E-state index is 10.5. The molecule has 4 heteroatoms. The van der Waals surface area contributed by atoms with Crippen molar-refractivity contribution < 1.29 is 9.90 Å². The molecule has 0 aromatic heterocycles. The van der Waals surface area contributed by atoms with Crippen LogP contribution in [0.4, 0.5) is 0 Å². The molecule has 0 saturated carbocycles. The van der Waals surface area contributed by atoms with E-state index in [0.29, 0.717) is 5.56 Å². The van der Waals surface area contributed by atoms with Gasteiger partial charge in [-0.2, -0.15) is 0 Å². The van der Waals surface area contributed by atoms with Gasteiger partial charge in [-0.15, -0.1) is 23.2 Å². The minimum absolute atomic E-state index is 0.694. The van der Waals surface area contributed by atoms with E-state index in [0.717, 1.165) is 0 Å². The van der Waals surface area contributed by atoms with Crippen LogP contribution in [0, 0.1) is 0 Å². The monoisotopic (exact) mass is 218 g/mol. The van der Waals surface area contributed by atoms with E-state index in [9.17, 15) is 4.79 Å². The van der Waals surface area contributed by atoms with Gasteiger partial charge in [-0.25, -0.2) is 0 Å². The zero-order chi connectivity index (χ0) is 9.84. The number of carboxylic acid groups (broad SMARTS) is 1. The van der Waals surface area contributed by atoms with Crippen LogP contribution in [0.3, 0.4) is 0 Å². The van der Waals surface area contributed by atoms with E-state index >= 15 is 0 Å². The summed E-state index contributed by atoms with van der Waals surface area (Å²) in [7, 11) is 0. The molecule has 1 rings (SSSR count). The molecule has 70 valence electrons. The van der Waals surface area contributed by atoms with Crippen molar-refractivity contribution in [3.05, 3.63) is 35.9 Å². The molecule has 0 fully saturated rings. The van der Waals surface area contributed by atoms with E-state index in [1.54, 1.807) is 24.3 Å². The minimum Gasteiger partial charge on any atom is -0.480 e. The van der Waals surface area contributed by atoms with Crippen molar-refractivity contribution in [3.8, 4) is 0 Å². The van der Waals surface area contributed by atoms with Gasteiger partial charge in [-0.3, -0.25) is 4.79 Å². The molecule has 0 bridgehead atoms. The summed E-state index contributed by atoms with van der Waals surface area (Å²) in [5, 5.41) is 6.81. The fourth-order valence-electron chi connectivity index (χ4n) is 0.931. The summed E-state index contributed by atoms with van der Waals surface area (Å²) < 4.78 is 0. The van der Waals surface area contributed by atoms with Crippen molar-refractivity contribution in [1.29, 1.82) is 0 Å². The van der Waals surface area contributed by atoms with E-state index < -0.39 is 16.7 Å². The fourth-order valence-corrected chi connectivity index (χ4v) is 1.33. The molecule has 0 spiro atoms. The lowest BCUT2D eigenvalue weighted by Crippen LogP contribution is -2.18. The van der Waals surface area contributed by atoms with Crippen LogP contribution in [0.15, 0.2) is 30.3 Å². The fraction of sp³-hybridized carbons (Fsp3) is 0.222. The normalized spacial score (nSPS) is 14.9. The molecule has 0 aliphatic heterocycles. The van der Waals surface area contributed by atoms with Gasteiger partial charge in [0.2, 0.25) is 0 Å². The van der Waals surface area contributed by atoms with Crippen LogP contribution < -0.4 is 0 Å². The first-order chi connectivity index (χ1) is 6.13. The number of halogens is 2. The Bertz CT molecular complexity index is 287. The molecule has 1 aromatic carbocycles. The Labute approximate surface area is 86.1 Å². The van der Waals surface area contributed by atoms with Gasteiger partial charge in [-0.05, 0) is 5.56 Å². The van der Waals surface area contributed by atoms with Gasteiger partial charge in [0.25, 0.3) is 0 Å². The van der Waals surface area contributed by atoms with E-state index in [1.807, 2.05) is 6.07 Å². The molecular formula is C9H8Cl2O2. The molecule has 0 aliphatic carbocycles. The molecule has 1 aromatic rings. The number of aliphatic carboxylic acids is 1. The molecule has 0 amide bonds. The lowest BCUT2D eigenvalue weighted by molar-refractivity contribution is -0.136. The molecule has 13 heavy (non-hydrogen) atoms.